The second kappa shape index (κ2) is 7.28. The summed E-state index contributed by atoms with van der Waals surface area (Å²) < 4.78 is 5.43. The molecule has 1 aromatic carbocycles. The van der Waals surface area contributed by atoms with Crippen LogP contribution < -0.4 is 15.4 Å². The maximum absolute atomic E-state index is 9.68. The molecule has 0 aliphatic carbocycles. The summed E-state index contributed by atoms with van der Waals surface area (Å²) in [6.45, 7) is 7.40. The van der Waals surface area contributed by atoms with Crippen LogP contribution in [-0.4, -0.2) is 37.5 Å². The van der Waals surface area contributed by atoms with Crippen LogP contribution in [0.2, 0.25) is 0 Å². The minimum absolute atomic E-state index is 0.220. The van der Waals surface area contributed by atoms with E-state index in [1.807, 2.05) is 12.1 Å². The van der Waals surface area contributed by atoms with Crippen LogP contribution in [0.4, 0.5) is 0 Å². The largest absolute Gasteiger partial charge is 0.490 e. The molecular weight excluding hydrogens is 240 g/mol. The molecule has 1 aromatic rings. The van der Waals surface area contributed by atoms with Crippen molar-refractivity contribution in [1.82, 2.24) is 10.6 Å². The smallest absolute Gasteiger partial charge is 0.119 e. The maximum Gasteiger partial charge on any atom is 0.119 e. The molecule has 4 heteroatoms. The van der Waals surface area contributed by atoms with E-state index in [0.29, 0.717) is 19.1 Å². The molecule has 0 amide bonds. The van der Waals surface area contributed by atoms with E-state index in [1.54, 1.807) is 6.08 Å². The van der Waals surface area contributed by atoms with Gasteiger partial charge in [0.25, 0.3) is 0 Å². The summed E-state index contributed by atoms with van der Waals surface area (Å²) in [5.74, 6) is 1.18. The zero-order chi connectivity index (χ0) is 13.5. The Bertz CT molecular complexity index is 392. The summed E-state index contributed by atoms with van der Waals surface area (Å²) in [4.78, 5) is 0. The fraction of sp³-hybridized carbons (Fsp3) is 0.467. The molecule has 0 spiro atoms. The summed E-state index contributed by atoms with van der Waals surface area (Å²) in [6.07, 6.45) is 1.51. The molecule has 0 bridgehead atoms. The van der Waals surface area contributed by atoms with Crippen LogP contribution >= 0.6 is 0 Å². The number of β-amino-alcohol motifs (C(OH)–C–C–N with tert-alkyl or cyclic N) is 1. The van der Waals surface area contributed by atoms with Crippen LogP contribution in [0.3, 0.4) is 0 Å². The van der Waals surface area contributed by atoms with E-state index in [9.17, 15) is 5.11 Å². The maximum atomic E-state index is 9.68. The highest BCUT2D eigenvalue weighted by Gasteiger charge is 2.23. The van der Waals surface area contributed by atoms with Gasteiger partial charge in [-0.15, -0.1) is 0 Å². The minimum atomic E-state index is -0.220. The van der Waals surface area contributed by atoms with Crippen LogP contribution in [-0.2, 0) is 6.54 Å². The molecule has 2 unspecified atom stereocenters. The van der Waals surface area contributed by atoms with Crippen molar-refractivity contribution in [2.75, 3.05) is 26.2 Å². The van der Waals surface area contributed by atoms with E-state index >= 15 is 0 Å². The van der Waals surface area contributed by atoms with Crippen LogP contribution in [0.5, 0.6) is 5.75 Å². The van der Waals surface area contributed by atoms with Crippen molar-refractivity contribution in [1.29, 1.82) is 0 Å². The van der Waals surface area contributed by atoms with Crippen molar-refractivity contribution in [3.05, 3.63) is 42.5 Å². The number of nitrogens with one attached hydrogen (secondary N) is 2. The fourth-order valence-electron chi connectivity index (χ4n) is 2.19. The first kappa shape index (κ1) is 14.1. The molecule has 2 atom stereocenters. The van der Waals surface area contributed by atoms with Crippen molar-refractivity contribution in [2.45, 2.75) is 12.6 Å². The minimum Gasteiger partial charge on any atom is -0.490 e. The first-order valence-corrected chi connectivity index (χ1v) is 6.71. The summed E-state index contributed by atoms with van der Waals surface area (Å²) in [5, 5.41) is 16.2. The van der Waals surface area contributed by atoms with E-state index in [1.165, 1.54) is 5.56 Å². The van der Waals surface area contributed by atoms with Gasteiger partial charge in [-0.3, -0.25) is 0 Å². The highest BCUT2D eigenvalue weighted by molar-refractivity contribution is 5.27. The monoisotopic (exact) mass is 262 g/mol. The van der Waals surface area contributed by atoms with Crippen LogP contribution in [0, 0.1) is 5.92 Å². The molecule has 1 fully saturated rings. The first-order chi connectivity index (χ1) is 9.29. The normalized spacial score (nSPS) is 22.4. The fourth-order valence-corrected chi connectivity index (χ4v) is 2.19. The van der Waals surface area contributed by atoms with E-state index in [-0.39, 0.29) is 6.10 Å². The lowest BCUT2D eigenvalue weighted by atomic mass is 10.1. The van der Waals surface area contributed by atoms with Gasteiger partial charge in [-0.1, -0.05) is 24.8 Å². The Morgan fingerprint density at radius 2 is 2.16 bits per heavy atom. The molecule has 0 aromatic heterocycles. The van der Waals surface area contributed by atoms with E-state index in [4.69, 9.17) is 4.74 Å². The molecule has 1 saturated heterocycles. The van der Waals surface area contributed by atoms with E-state index in [0.717, 1.165) is 25.4 Å². The second-order valence-corrected chi connectivity index (χ2v) is 4.86. The van der Waals surface area contributed by atoms with Gasteiger partial charge in [-0.05, 0) is 17.7 Å². The third-order valence-corrected chi connectivity index (χ3v) is 3.33. The van der Waals surface area contributed by atoms with Crippen molar-refractivity contribution in [2.24, 2.45) is 5.92 Å². The predicted molar refractivity (Wildman–Crippen MR) is 76.2 cm³/mol. The number of ether oxygens (including phenoxy) is 1. The lowest BCUT2D eigenvalue weighted by molar-refractivity contribution is 0.146. The number of hydrogen-bond donors (Lipinski definition) is 3. The molecule has 1 heterocycles. The second-order valence-electron chi connectivity index (χ2n) is 4.86. The van der Waals surface area contributed by atoms with Gasteiger partial charge in [-0.2, -0.15) is 0 Å². The van der Waals surface area contributed by atoms with Crippen molar-refractivity contribution in [3.8, 4) is 5.75 Å². The third kappa shape index (κ3) is 4.35. The standard InChI is InChI=1S/C15H22N2O2/c1-2-7-19-14-5-3-12(4-6-14)8-16-9-13-10-17-11-15(13)18/h2-6,13,15-18H,1,7-11H2. The van der Waals surface area contributed by atoms with Gasteiger partial charge < -0.3 is 20.5 Å². The zero-order valence-corrected chi connectivity index (χ0v) is 11.1. The Labute approximate surface area is 114 Å². The first-order valence-electron chi connectivity index (χ1n) is 6.71. The summed E-state index contributed by atoms with van der Waals surface area (Å²) >= 11 is 0. The van der Waals surface area contributed by atoms with Crippen LogP contribution in [0.15, 0.2) is 36.9 Å². The summed E-state index contributed by atoms with van der Waals surface area (Å²) in [6, 6.07) is 8.03. The lowest BCUT2D eigenvalue weighted by Gasteiger charge is -2.14. The summed E-state index contributed by atoms with van der Waals surface area (Å²) in [7, 11) is 0. The average molecular weight is 262 g/mol. The molecule has 19 heavy (non-hydrogen) atoms. The topological polar surface area (TPSA) is 53.5 Å². The molecule has 0 saturated carbocycles. The number of rotatable bonds is 7. The van der Waals surface area contributed by atoms with Gasteiger partial charge in [0.15, 0.2) is 0 Å². The highest BCUT2D eigenvalue weighted by Crippen LogP contribution is 2.12. The van der Waals surface area contributed by atoms with E-state index < -0.39 is 0 Å². The van der Waals surface area contributed by atoms with Gasteiger partial charge in [0.05, 0.1) is 6.10 Å². The number of aliphatic hydroxyl groups excluding tert-OH is 1. The third-order valence-electron chi connectivity index (χ3n) is 3.33. The molecule has 104 valence electrons. The molecule has 1 aliphatic rings. The van der Waals surface area contributed by atoms with Gasteiger partial charge in [-0.25, -0.2) is 0 Å². The highest BCUT2D eigenvalue weighted by atomic mass is 16.5. The average Bonchev–Trinajstić information content (AvgIpc) is 2.84. The predicted octanol–water partition coefficient (Wildman–Crippen LogP) is 0.921. The Hall–Kier alpha value is -1.36. The number of aliphatic hydroxyl groups is 1. The van der Waals surface area contributed by atoms with Crippen molar-refractivity contribution in [3.63, 3.8) is 0 Å². The zero-order valence-electron chi connectivity index (χ0n) is 11.1. The Kier molecular flexibility index (Phi) is 5.39. The molecule has 3 N–H and O–H groups in total. The Balaban J connectivity index is 1.72. The molecule has 1 aliphatic heterocycles. The van der Waals surface area contributed by atoms with Crippen LogP contribution in [0.25, 0.3) is 0 Å². The molecule has 2 rings (SSSR count). The van der Waals surface area contributed by atoms with Crippen molar-refractivity contribution < 1.29 is 9.84 Å². The molecule has 4 nitrogen and oxygen atoms in total. The van der Waals surface area contributed by atoms with Gasteiger partial charge in [0, 0.05) is 32.1 Å². The van der Waals surface area contributed by atoms with Gasteiger partial charge >= 0.3 is 0 Å². The SMILES string of the molecule is C=CCOc1ccc(CNCC2CNCC2O)cc1. The molecular formula is C15H22N2O2. The lowest BCUT2D eigenvalue weighted by Crippen LogP contribution is -2.30. The Morgan fingerprint density at radius 1 is 1.37 bits per heavy atom. The van der Waals surface area contributed by atoms with Crippen LogP contribution in [0.1, 0.15) is 5.56 Å². The van der Waals surface area contributed by atoms with Crippen molar-refractivity contribution >= 4 is 0 Å². The van der Waals surface area contributed by atoms with Gasteiger partial charge in [0.1, 0.15) is 12.4 Å². The number of benzene rings is 1. The quantitative estimate of drug-likeness (QED) is 0.640. The number of hydrogen-bond acceptors (Lipinski definition) is 4. The van der Waals surface area contributed by atoms with Gasteiger partial charge in [0.2, 0.25) is 0 Å². The van der Waals surface area contributed by atoms with E-state index in [2.05, 4.69) is 29.3 Å². The Morgan fingerprint density at radius 3 is 2.79 bits per heavy atom. The summed E-state index contributed by atoms with van der Waals surface area (Å²) in [5.41, 5.74) is 1.21. The molecule has 0 radical (unpaired) electrons.